The summed E-state index contributed by atoms with van der Waals surface area (Å²) in [6.45, 7) is 0. The maximum atomic E-state index is 11.7. The van der Waals surface area contributed by atoms with Gasteiger partial charge in [0.2, 0.25) is 5.95 Å². The van der Waals surface area contributed by atoms with Crippen LogP contribution in [-0.4, -0.2) is 20.9 Å². The lowest BCUT2D eigenvalue weighted by Crippen LogP contribution is -2.15. The van der Waals surface area contributed by atoms with Crippen LogP contribution < -0.4 is 5.32 Å². The maximum absolute atomic E-state index is 11.7. The van der Waals surface area contributed by atoms with E-state index in [1.54, 1.807) is 36.8 Å². The second-order valence-corrected chi connectivity index (χ2v) is 3.80. The zero-order valence-corrected chi connectivity index (χ0v) is 9.68. The summed E-state index contributed by atoms with van der Waals surface area (Å²) in [5.41, 5.74) is 0.307. The number of rotatable bonds is 2. The Morgan fingerprint density at radius 2 is 1.94 bits per heavy atom. The second kappa shape index (κ2) is 4.80. The number of carbonyl (C=O) groups is 1. The summed E-state index contributed by atoms with van der Waals surface area (Å²) in [6, 6.07) is 5.04. The Kier molecular flexibility index (Phi) is 3.21. The van der Waals surface area contributed by atoms with Crippen molar-refractivity contribution < 1.29 is 4.79 Å². The van der Waals surface area contributed by atoms with E-state index in [-0.39, 0.29) is 11.9 Å². The number of amides is 1. The molecule has 5 nitrogen and oxygen atoms in total. The van der Waals surface area contributed by atoms with E-state index in [4.69, 9.17) is 0 Å². The van der Waals surface area contributed by atoms with Gasteiger partial charge in [0.15, 0.2) is 0 Å². The molecule has 2 heterocycles. The second-order valence-electron chi connectivity index (χ2n) is 2.89. The topological polar surface area (TPSA) is 67.8 Å². The van der Waals surface area contributed by atoms with Gasteiger partial charge in [0.05, 0.1) is 0 Å². The Hall–Kier alpha value is -1.82. The zero-order chi connectivity index (χ0) is 11.4. The third kappa shape index (κ3) is 2.60. The molecule has 16 heavy (non-hydrogen) atoms. The van der Waals surface area contributed by atoms with Crippen molar-refractivity contribution >= 4 is 27.8 Å². The molecular weight excluding hydrogens is 272 g/mol. The van der Waals surface area contributed by atoms with Crippen LogP contribution >= 0.6 is 15.9 Å². The van der Waals surface area contributed by atoms with Crippen LogP contribution in [0.15, 0.2) is 41.3 Å². The molecule has 2 aromatic heterocycles. The standard InChI is InChI=1S/C10H7BrN4O/c11-7-2-5-12-8(6-7)9(16)15-10-13-3-1-4-14-10/h1-6H,(H,13,14,15,16). The highest BCUT2D eigenvalue weighted by Gasteiger charge is 2.08. The van der Waals surface area contributed by atoms with Gasteiger partial charge in [0.1, 0.15) is 5.69 Å². The molecule has 0 aliphatic heterocycles. The van der Waals surface area contributed by atoms with Crippen LogP contribution in [0.2, 0.25) is 0 Å². The molecule has 0 unspecified atom stereocenters. The minimum Gasteiger partial charge on any atom is -0.289 e. The molecular formula is C10H7BrN4O. The monoisotopic (exact) mass is 278 g/mol. The van der Waals surface area contributed by atoms with Gasteiger partial charge in [-0.05, 0) is 18.2 Å². The van der Waals surface area contributed by atoms with Gasteiger partial charge in [0, 0.05) is 23.1 Å². The molecule has 0 atom stereocenters. The summed E-state index contributed by atoms with van der Waals surface area (Å²) in [7, 11) is 0. The van der Waals surface area contributed by atoms with Crippen LogP contribution in [0.3, 0.4) is 0 Å². The van der Waals surface area contributed by atoms with Crippen molar-refractivity contribution in [2.45, 2.75) is 0 Å². The van der Waals surface area contributed by atoms with Gasteiger partial charge in [0.25, 0.3) is 5.91 Å². The lowest BCUT2D eigenvalue weighted by Gasteiger charge is -2.02. The number of aromatic nitrogens is 3. The zero-order valence-electron chi connectivity index (χ0n) is 8.09. The minimum absolute atomic E-state index is 0.259. The summed E-state index contributed by atoms with van der Waals surface area (Å²) in [5.74, 6) is -0.0817. The number of hydrogen-bond acceptors (Lipinski definition) is 4. The van der Waals surface area contributed by atoms with Crippen LogP contribution in [0.5, 0.6) is 0 Å². The highest BCUT2D eigenvalue weighted by molar-refractivity contribution is 9.10. The first-order valence-electron chi connectivity index (χ1n) is 4.45. The molecule has 0 aromatic carbocycles. The SMILES string of the molecule is O=C(Nc1ncccn1)c1cc(Br)ccn1. The van der Waals surface area contributed by atoms with Crippen molar-refractivity contribution in [2.24, 2.45) is 0 Å². The molecule has 0 saturated heterocycles. The van der Waals surface area contributed by atoms with E-state index in [1.165, 1.54) is 0 Å². The molecule has 1 N–H and O–H groups in total. The first-order valence-corrected chi connectivity index (χ1v) is 5.25. The number of hydrogen-bond donors (Lipinski definition) is 1. The molecule has 0 spiro atoms. The highest BCUT2D eigenvalue weighted by Crippen LogP contribution is 2.10. The van der Waals surface area contributed by atoms with E-state index in [0.717, 1.165) is 4.47 Å². The van der Waals surface area contributed by atoms with E-state index in [0.29, 0.717) is 5.69 Å². The third-order valence-electron chi connectivity index (χ3n) is 1.75. The molecule has 0 saturated carbocycles. The van der Waals surface area contributed by atoms with Crippen LogP contribution in [0, 0.1) is 0 Å². The lowest BCUT2D eigenvalue weighted by atomic mass is 10.3. The van der Waals surface area contributed by atoms with Gasteiger partial charge >= 0.3 is 0 Å². The molecule has 0 fully saturated rings. The predicted molar refractivity (Wildman–Crippen MR) is 61.9 cm³/mol. The Morgan fingerprint density at radius 1 is 1.19 bits per heavy atom. The molecule has 0 bridgehead atoms. The van der Waals surface area contributed by atoms with Crippen LogP contribution in [-0.2, 0) is 0 Å². The van der Waals surface area contributed by atoms with E-state index in [2.05, 4.69) is 36.2 Å². The summed E-state index contributed by atoms with van der Waals surface area (Å²) < 4.78 is 0.793. The molecule has 0 aliphatic rings. The fraction of sp³-hybridized carbons (Fsp3) is 0. The van der Waals surface area contributed by atoms with Crippen molar-refractivity contribution in [2.75, 3.05) is 5.32 Å². The van der Waals surface area contributed by atoms with Gasteiger partial charge in [-0.3, -0.25) is 15.1 Å². The first-order chi connectivity index (χ1) is 7.75. The van der Waals surface area contributed by atoms with Gasteiger partial charge < -0.3 is 0 Å². The molecule has 6 heteroatoms. The summed E-state index contributed by atoms with van der Waals surface area (Å²) in [4.78, 5) is 23.4. The smallest absolute Gasteiger partial charge is 0.276 e. The fourth-order valence-electron chi connectivity index (χ4n) is 1.06. The van der Waals surface area contributed by atoms with Crippen molar-refractivity contribution in [1.29, 1.82) is 0 Å². The van der Waals surface area contributed by atoms with Gasteiger partial charge in [-0.15, -0.1) is 0 Å². The summed E-state index contributed by atoms with van der Waals surface area (Å²) >= 11 is 3.26. The van der Waals surface area contributed by atoms with Gasteiger partial charge in [-0.2, -0.15) is 0 Å². The molecule has 80 valence electrons. The average Bonchev–Trinajstić information content (AvgIpc) is 2.30. The number of nitrogens with zero attached hydrogens (tertiary/aromatic N) is 3. The summed E-state index contributed by atoms with van der Waals surface area (Å²) in [5, 5.41) is 2.54. The highest BCUT2D eigenvalue weighted by atomic mass is 79.9. The predicted octanol–water partition coefficient (Wildman–Crippen LogP) is 1.89. The quantitative estimate of drug-likeness (QED) is 0.911. The van der Waals surface area contributed by atoms with E-state index >= 15 is 0 Å². The molecule has 0 aliphatic carbocycles. The number of pyridine rings is 1. The molecule has 0 radical (unpaired) electrons. The van der Waals surface area contributed by atoms with Crippen LogP contribution in [0.4, 0.5) is 5.95 Å². The third-order valence-corrected chi connectivity index (χ3v) is 2.24. The first kappa shape index (κ1) is 10.7. The van der Waals surface area contributed by atoms with Crippen LogP contribution in [0.25, 0.3) is 0 Å². The molecule has 2 aromatic rings. The van der Waals surface area contributed by atoms with Gasteiger partial charge in [-0.1, -0.05) is 15.9 Å². The van der Waals surface area contributed by atoms with E-state index in [9.17, 15) is 4.79 Å². The Balaban J connectivity index is 2.15. The van der Waals surface area contributed by atoms with Crippen molar-refractivity contribution in [3.63, 3.8) is 0 Å². The van der Waals surface area contributed by atoms with Crippen molar-refractivity contribution in [3.8, 4) is 0 Å². The van der Waals surface area contributed by atoms with Crippen LogP contribution in [0.1, 0.15) is 10.5 Å². The normalized spacial score (nSPS) is 9.81. The Bertz CT molecular complexity index is 503. The van der Waals surface area contributed by atoms with Gasteiger partial charge in [-0.25, -0.2) is 9.97 Å². The largest absolute Gasteiger partial charge is 0.289 e. The maximum Gasteiger partial charge on any atom is 0.276 e. The summed E-state index contributed by atoms with van der Waals surface area (Å²) in [6.07, 6.45) is 4.65. The van der Waals surface area contributed by atoms with Crippen molar-refractivity contribution in [3.05, 3.63) is 47.0 Å². The van der Waals surface area contributed by atoms with E-state index < -0.39 is 0 Å². The average molecular weight is 279 g/mol. The number of anilines is 1. The van der Waals surface area contributed by atoms with E-state index in [1.807, 2.05) is 0 Å². The number of halogens is 1. The Labute approximate surface area is 100 Å². The lowest BCUT2D eigenvalue weighted by molar-refractivity contribution is 0.102. The number of carbonyl (C=O) groups excluding carboxylic acids is 1. The molecule has 1 amide bonds. The fourth-order valence-corrected chi connectivity index (χ4v) is 1.39. The van der Waals surface area contributed by atoms with Crippen molar-refractivity contribution in [1.82, 2.24) is 15.0 Å². The minimum atomic E-state index is -0.340. The Morgan fingerprint density at radius 3 is 2.62 bits per heavy atom. The molecule has 2 rings (SSSR count). The number of nitrogens with one attached hydrogen (secondary N) is 1.